The van der Waals surface area contributed by atoms with Gasteiger partial charge in [0, 0.05) is 0 Å². The van der Waals surface area contributed by atoms with Crippen molar-refractivity contribution in [1.82, 2.24) is 9.78 Å². The van der Waals surface area contributed by atoms with Gasteiger partial charge in [-0.3, -0.25) is 0 Å². The Kier molecular flexibility index (Phi) is 2.22. The number of hydrogen-bond acceptors (Lipinski definition) is 4. The van der Waals surface area contributed by atoms with Crippen molar-refractivity contribution in [2.45, 2.75) is 6.54 Å². The van der Waals surface area contributed by atoms with E-state index in [9.17, 15) is 14.5 Å². The van der Waals surface area contributed by atoms with Crippen molar-refractivity contribution in [2.24, 2.45) is 0 Å². The van der Waals surface area contributed by atoms with Crippen molar-refractivity contribution >= 4 is 11.5 Å². The number of nitrogens with zero attached hydrogens (tertiary/aromatic N) is 3. The van der Waals surface area contributed by atoms with Gasteiger partial charge in [-0.2, -0.15) is 4.68 Å². The van der Waals surface area contributed by atoms with E-state index in [1.807, 2.05) is 0 Å². The first-order valence-corrected chi connectivity index (χ1v) is 3.18. The van der Waals surface area contributed by atoms with Gasteiger partial charge in [0.15, 0.2) is 5.69 Å². The number of anilines is 1. The predicted octanol–water partition coefficient (Wildman–Crippen LogP) is 0.343. The molecule has 12 heavy (non-hydrogen) atoms. The first-order valence-electron chi connectivity index (χ1n) is 3.18. The van der Waals surface area contributed by atoms with Crippen LogP contribution in [0.4, 0.5) is 15.9 Å². The molecule has 1 rings (SSSR count). The lowest BCUT2D eigenvalue weighted by Gasteiger charge is -1.86. The summed E-state index contributed by atoms with van der Waals surface area (Å²) in [6.45, 7) is -0.643. The van der Waals surface area contributed by atoms with E-state index < -0.39 is 17.4 Å². The molecule has 0 radical (unpaired) electrons. The Hall–Kier alpha value is -1.66. The minimum atomic E-state index is -0.704. The summed E-state index contributed by atoms with van der Waals surface area (Å²) in [4.78, 5) is 9.49. The third-order valence-electron chi connectivity index (χ3n) is 1.26. The smallest absolute Gasteiger partial charge is 0.390 e. The summed E-state index contributed by atoms with van der Waals surface area (Å²) in [5.74, 6) is -0.427. The molecule has 0 saturated carbocycles. The van der Waals surface area contributed by atoms with Gasteiger partial charge in [0.1, 0.15) is 6.67 Å². The fourth-order valence-corrected chi connectivity index (χ4v) is 0.770. The van der Waals surface area contributed by atoms with Gasteiger partial charge >= 0.3 is 5.82 Å². The highest BCUT2D eigenvalue weighted by molar-refractivity contribution is 5.51. The topological polar surface area (TPSA) is 87.0 Å². The van der Waals surface area contributed by atoms with E-state index in [0.29, 0.717) is 0 Å². The predicted molar refractivity (Wildman–Crippen MR) is 39.3 cm³/mol. The molecule has 0 unspecified atom stereocenters. The quantitative estimate of drug-likeness (QED) is 0.528. The van der Waals surface area contributed by atoms with Crippen LogP contribution in [0.15, 0.2) is 6.20 Å². The molecule has 6 nitrogen and oxygen atoms in total. The van der Waals surface area contributed by atoms with Gasteiger partial charge in [-0.15, -0.1) is 0 Å². The number of aryl methyl sites for hydroxylation is 1. The molecule has 0 aliphatic heterocycles. The lowest BCUT2D eigenvalue weighted by molar-refractivity contribution is -0.388. The van der Waals surface area contributed by atoms with Crippen LogP contribution in [0.25, 0.3) is 0 Å². The highest BCUT2D eigenvalue weighted by Crippen LogP contribution is 2.16. The van der Waals surface area contributed by atoms with Crippen LogP contribution in [-0.2, 0) is 6.54 Å². The number of alkyl halides is 1. The zero-order valence-corrected chi connectivity index (χ0v) is 6.11. The van der Waals surface area contributed by atoms with E-state index in [-0.39, 0.29) is 12.2 Å². The van der Waals surface area contributed by atoms with E-state index in [2.05, 4.69) is 5.10 Å². The van der Waals surface area contributed by atoms with E-state index in [1.165, 1.54) is 6.20 Å². The Balaban J connectivity index is 2.92. The molecule has 1 aromatic heterocycles. The highest BCUT2D eigenvalue weighted by Gasteiger charge is 2.17. The maximum atomic E-state index is 11.7. The van der Waals surface area contributed by atoms with Crippen molar-refractivity contribution < 1.29 is 9.31 Å². The van der Waals surface area contributed by atoms with E-state index in [0.717, 1.165) is 4.68 Å². The lowest BCUT2D eigenvalue weighted by Crippen LogP contribution is -2.00. The van der Waals surface area contributed by atoms with Crippen molar-refractivity contribution in [2.75, 3.05) is 12.4 Å². The number of nitro groups is 1. The zero-order valence-electron chi connectivity index (χ0n) is 6.11. The standard InChI is InChI=1S/C5H7FN4O2/c6-1-2-9-3-4(7)5(8-9)10(11)12/h3H,1-2,7H2. The van der Waals surface area contributed by atoms with Crippen LogP contribution in [0, 0.1) is 10.1 Å². The van der Waals surface area contributed by atoms with Gasteiger partial charge in [-0.05, 0) is 4.92 Å². The van der Waals surface area contributed by atoms with Gasteiger partial charge in [0.2, 0.25) is 0 Å². The van der Waals surface area contributed by atoms with Gasteiger partial charge in [0.05, 0.1) is 17.8 Å². The first kappa shape index (κ1) is 8.44. The molecule has 7 heteroatoms. The van der Waals surface area contributed by atoms with Crippen LogP contribution < -0.4 is 5.73 Å². The summed E-state index contributed by atoms with van der Waals surface area (Å²) in [6.07, 6.45) is 1.23. The molecule has 1 heterocycles. The van der Waals surface area contributed by atoms with E-state index in [4.69, 9.17) is 5.73 Å². The monoisotopic (exact) mass is 174 g/mol. The third-order valence-corrected chi connectivity index (χ3v) is 1.26. The SMILES string of the molecule is Nc1cn(CCF)nc1[N+](=O)[O-]. The normalized spacial score (nSPS) is 10.1. The molecule has 66 valence electrons. The van der Waals surface area contributed by atoms with Crippen LogP contribution in [-0.4, -0.2) is 21.4 Å². The largest absolute Gasteiger partial charge is 0.412 e. The molecule has 0 fully saturated rings. The number of hydrogen-bond donors (Lipinski definition) is 1. The Bertz CT molecular complexity index is 298. The van der Waals surface area contributed by atoms with Crippen LogP contribution in [0.1, 0.15) is 0 Å². The van der Waals surface area contributed by atoms with Crippen LogP contribution in [0.2, 0.25) is 0 Å². The molecule has 0 aromatic carbocycles. The number of rotatable bonds is 3. The molecule has 0 aliphatic carbocycles. The maximum Gasteiger partial charge on any atom is 0.412 e. The van der Waals surface area contributed by atoms with Gasteiger partial charge in [-0.25, -0.2) is 4.39 Å². The van der Waals surface area contributed by atoms with Crippen molar-refractivity contribution in [3.8, 4) is 0 Å². The summed E-state index contributed by atoms with van der Waals surface area (Å²) in [7, 11) is 0. The van der Waals surface area contributed by atoms with E-state index in [1.54, 1.807) is 0 Å². The van der Waals surface area contributed by atoms with Crippen LogP contribution >= 0.6 is 0 Å². The summed E-state index contributed by atoms with van der Waals surface area (Å²) in [5, 5.41) is 13.6. The van der Waals surface area contributed by atoms with Gasteiger partial charge in [-0.1, -0.05) is 0 Å². The minimum absolute atomic E-state index is 0.0158. The Labute approximate surface area is 66.9 Å². The molecule has 0 spiro atoms. The Morgan fingerprint density at radius 1 is 1.83 bits per heavy atom. The highest BCUT2D eigenvalue weighted by atomic mass is 19.1. The molecular formula is C5H7FN4O2. The van der Waals surface area contributed by atoms with Crippen molar-refractivity contribution in [3.05, 3.63) is 16.3 Å². The molecule has 2 N–H and O–H groups in total. The average Bonchev–Trinajstić information content (AvgIpc) is 2.32. The number of aromatic nitrogens is 2. The number of nitrogen functional groups attached to an aromatic ring is 1. The third kappa shape index (κ3) is 1.49. The fraction of sp³-hybridized carbons (Fsp3) is 0.400. The fourth-order valence-electron chi connectivity index (χ4n) is 0.770. The second-order valence-corrected chi connectivity index (χ2v) is 2.12. The van der Waals surface area contributed by atoms with Gasteiger partial charge < -0.3 is 15.8 Å². The number of nitrogens with two attached hydrogens (primary N) is 1. The molecule has 0 amide bonds. The molecule has 0 aliphatic rings. The summed E-state index contributed by atoms with van der Waals surface area (Å²) < 4.78 is 12.9. The maximum absolute atomic E-state index is 11.7. The Morgan fingerprint density at radius 2 is 2.50 bits per heavy atom. The second kappa shape index (κ2) is 3.16. The van der Waals surface area contributed by atoms with Crippen molar-refractivity contribution in [3.63, 3.8) is 0 Å². The first-order chi connectivity index (χ1) is 5.65. The number of halogens is 1. The molecule has 0 atom stereocenters. The van der Waals surface area contributed by atoms with Gasteiger partial charge in [0.25, 0.3) is 0 Å². The van der Waals surface area contributed by atoms with Crippen LogP contribution in [0.3, 0.4) is 0 Å². The summed E-state index contributed by atoms with van der Waals surface area (Å²) in [5.41, 5.74) is 5.18. The zero-order chi connectivity index (χ0) is 9.14. The van der Waals surface area contributed by atoms with Crippen molar-refractivity contribution in [1.29, 1.82) is 0 Å². The second-order valence-electron chi connectivity index (χ2n) is 2.12. The lowest BCUT2D eigenvalue weighted by atomic mass is 10.5. The average molecular weight is 174 g/mol. The summed E-state index contributed by atoms with van der Waals surface area (Å²) in [6, 6.07) is 0. The minimum Gasteiger partial charge on any atom is -0.390 e. The summed E-state index contributed by atoms with van der Waals surface area (Å²) >= 11 is 0. The Morgan fingerprint density at radius 3 is 2.92 bits per heavy atom. The van der Waals surface area contributed by atoms with E-state index >= 15 is 0 Å². The molecular weight excluding hydrogens is 167 g/mol. The molecule has 0 bridgehead atoms. The van der Waals surface area contributed by atoms with Crippen LogP contribution in [0.5, 0.6) is 0 Å². The molecule has 0 saturated heterocycles. The molecule has 1 aromatic rings.